The highest BCUT2D eigenvalue weighted by Gasteiger charge is 2.48. The summed E-state index contributed by atoms with van der Waals surface area (Å²) in [5.74, 6) is 1.72. The third-order valence-corrected chi connectivity index (χ3v) is 5.68. The van der Waals surface area contributed by atoms with Crippen LogP contribution in [0, 0.1) is 17.2 Å². The molecule has 5 nitrogen and oxygen atoms in total. The number of hydrogen-bond donors (Lipinski definition) is 1. The Balaban J connectivity index is 1.72. The minimum Gasteiger partial charge on any atom is -0.454 e. The standard InChI is InChI=1S/C18H22N2O3/c19-8-10-20-9-7-18(21)6-2-1-3-14(18)17(20)13-4-5-15-16(11-13)23-12-22-15/h4-5,11,14,17,21H,1-3,6-7,9-10,12H2. The zero-order valence-electron chi connectivity index (χ0n) is 13.2. The van der Waals surface area contributed by atoms with E-state index < -0.39 is 5.60 Å². The summed E-state index contributed by atoms with van der Waals surface area (Å²) < 4.78 is 10.9. The van der Waals surface area contributed by atoms with E-state index in [-0.39, 0.29) is 18.8 Å². The van der Waals surface area contributed by atoms with Crippen LogP contribution >= 0.6 is 0 Å². The summed E-state index contributed by atoms with van der Waals surface area (Å²) in [4.78, 5) is 2.21. The van der Waals surface area contributed by atoms with Crippen LogP contribution in [0.5, 0.6) is 11.5 Å². The van der Waals surface area contributed by atoms with Gasteiger partial charge in [-0.2, -0.15) is 5.26 Å². The topological polar surface area (TPSA) is 65.7 Å². The van der Waals surface area contributed by atoms with Gasteiger partial charge in [0.15, 0.2) is 11.5 Å². The van der Waals surface area contributed by atoms with Crippen LogP contribution in [0.25, 0.3) is 0 Å². The first kappa shape index (κ1) is 14.8. The van der Waals surface area contributed by atoms with E-state index in [0.717, 1.165) is 55.7 Å². The number of piperidine rings is 1. The number of nitrogens with zero attached hydrogens (tertiary/aromatic N) is 2. The van der Waals surface area contributed by atoms with Crippen molar-refractivity contribution < 1.29 is 14.6 Å². The first-order valence-electron chi connectivity index (χ1n) is 8.44. The lowest BCUT2D eigenvalue weighted by Gasteiger charge is -2.52. The van der Waals surface area contributed by atoms with Gasteiger partial charge in [0.1, 0.15) is 0 Å². The Kier molecular flexibility index (Phi) is 3.67. The van der Waals surface area contributed by atoms with Crippen molar-refractivity contribution in [2.24, 2.45) is 5.92 Å². The Morgan fingerprint density at radius 3 is 3.00 bits per heavy atom. The fraction of sp³-hybridized carbons (Fsp3) is 0.611. The van der Waals surface area contributed by atoms with Crippen LogP contribution in [0.2, 0.25) is 0 Å². The highest BCUT2D eigenvalue weighted by molar-refractivity contribution is 5.45. The average Bonchev–Trinajstić information content (AvgIpc) is 3.02. The van der Waals surface area contributed by atoms with Gasteiger partial charge >= 0.3 is 0 Å². The number of aliphatic hydroxyl groups is 1. The van der Waals surface area contributed by atoms with Gasteiger partial charge in [-0.15, -0.1) is 0 Å². The van der Waals surface area contributed by atoms with Crippen LogP contribution < -0.4 is 9.47 Å². The number of likely N-dealkylation sites (tertiary alicyclic amines) is 1. The van der Waals surface area contributed by atoms with Crippen LogP contribution in [0.3, 0.4) is 0 Å². The van der Waals surface area contributed by atoms with Crippen LogP contribution in [0.15, 0.2) is 18.2 Å². The lowest BCUT2D eigenvalue weighted by molar-refractivity contribution is -0.121. The van der Waals surface area contributed by atoms with Crippen molar-refractivity contribution in [1.82, 2.24) is 4.90 Å². The summed E-state index contributed by atoms with van der Waals surface area (Å²) in [6.07, 6.45) is 4.89. The summed E-state index contributed by atoms with van der Waals surface area (Å²) in [7, 11) is 0. The van der Waals surface area contributed by atoms with E-state index in [0.29, 0.717) is 6.54 Å². The quantitative estimate of drug-likeness (QED) is 0.850. The third-order valence-electron chi connectivity index (χ3n) is 5.68. The fourth-order valence-electron chi connectivity index (χ4n) is 4.55. The van der Waals surface area contributed by atoms with E-state index in [1.54, 1.807) is 0 Å². The molecule has 1 saturated carbocycles. The molecule has 3 aliphatic rings. The molecule has 4 rings (SSSR count). The molecule has 23 heavy (non-hydrogen) atoms. The van der Waals surface area contributed by atoms with E-state index in [2.05, 4.69) is 17.0 Å². The molecule has 0 aromatic heterocycles. The normalized spacial score (nSPS) is 33.0. The monoisotopic (exact) mass is 314 g/mol. The van der Waals surface area contributed by atoms with Crippen molar-refractivity contribution in [3.05, 3.63) is 23.8 Å². The molecule has 1 aromatic rings. The van der Waals surface area contributed by atoms with Crippen molar-refractivity contribution in [3.63, 3.8) is 0 Å². The molecule has 1 saturated heterocycles. The number of hydrogen-bond acceptors (Lipinski definition) is 5. The van der Waals surface area contributed by atoms with Crippen LogP contribution in [0.1, 0.15) is 43.7 Å². The summed E-state index contributed by atoms with van der Waals surface area (Å²) >= 11 is 0. The molecular weight excluding hydrogens is 292 g/mol. The highest BCUT2D eigenvalue weighted by Crippen LogP contribution is 2.50. The van der Waals surface area contributed by atoms with Gasteiger partial charge in [-0.3, -0.25) is 4.90 Å². The second-order valence-electron chi connectivity index (χ2n) is 6.89. The first-order valence-corrected chi connectivity index (χ1v) is 8.44. The predicted molar refractivity (Wildman–Crippen MR) is 84.0 cm³/mol. The predicted octanol–water partition coefficient (Wildman–Crippen LogP) is 2.61. The number of fused-ring (bicyclic) bond motifs is 2. The molecule has 2 fully saturated rings. The second-order valence-corrected chi connectivity index (χ2v) is 6.89. The summed E-state index contributed by atoms with van der Waals surface area (Å²) in [6, 6.07) is 8.39. The van der Waals surface area contributed by atoms with Gasteiger partial charge in [-0.25, -0.2) is 0 Å². The molecule has 5 heteroatoms. The van der Waals surface area contributed by atoms with E-state index in [9.17, 15) is 10.4 Å². The molecule has 122 valence electrons. The Labute approximate surface area is 136 Å². The van der Waals surface area contributed by atoms with Crippen molar-refractivity contribution >= 4 is 0 Å². The molecule has 3 unspecified atom stereocenters. The lowest BCUT2D eigenvalue weighted by Crippen LogP contribution is -2.54. The molecule has 3 atom stereocenters. The maximum atomic E-state index is 11.1. The van der Waals surface area contributed by atoms with Crippen molar-refractivity contribution in [2.45, 2.75) is 43.7 Å². The van der Waals surface area contributed by atoms with Gasteiger partial charge < -0.3 is 14.6 Å². The van der Waals surface area contributed by atoms with Gasteiger partial charge in [0.05, 0.1) is 18.2 Å². The van der Waals surface area contributed by atoms with Gasteiger partial charge in [-0.1, -0.05) is 18.9 Å². The molecule has 2 aliphatic heterocycles. The second kappa shape index (κ2) is 5.70. The lowest BCUT2D eigenvalue weighted by atomic mass is 9.66. The largest absolute Gasteiger partial charge is 0.454 e. The van der Waals surface area contributed by atoms with Gasteiger partial charge in [0, 0.05) is 18.5 Å². The number of benzene rings is 1. The van der Waals surface area contributed by atoms with Gasteiger partial charge in [0.25, 0.3) is 0 Å². The van der Waals surface area contributed by atoms with Gasteiger partial charge in [0.2, 0.25) is 6.79 Å². The smallest absolute Gasteiger partial charge is 0.231 e. The van der Waals surface area contributed by atoms with E-state index >= 15 is 0 Å². The minimum absolute atomic E-state index is 0.0724. The molecule has 0 amide bonds. The van der Waals surface area contributed by atoms with Gasteiger partial charge in [-0.05, 0) is 37.0 Å². The first-order chi connectivity index (χ1) is 11.2. The molecule has 2 heterocycles. The zero-order valence-corrected chi connectivity index (χ0v) is 13.2. The molecular formula is C18H22N2O3. The zero-order chi connectivity index (χ0) is 15.9. The molecule has 0 spiro atoms. The van der Waals surface area contributed by atoms with Crippen LogP contribution in [-0.4, -0.2) is 35.5 Å². The summed E-state index contributed by atoms with van der Waals surface area (Å²) in [6.45, 7) is 1.42. The maximum absolute atomic E-state index is 11.1. The number of ether oxygens (including phenoxy) is 2. The molecule has 1 aliphatic carbocycles. The maximum Gasteiger partial charge on any atom is 0.231 e. The molecule has 0 bridgehead atoms. The van der Waals surface area contributed by atoms with Crippen molar-refractivity contribution in [3.8, 4) is 17.6 Å². The summed E-state index contributed by atoms with van der Waals surface area (Å²) in [5.41, 5.74) is 0.528. The minimum atomic E-state index is -0.592. The Morgan fingerprint density at radius 1 is 1.26 bits per heavy atom. The Morgan fingerprint density at radius 2 is 2.13 bits per heavy atom. The van der Waals surface area contributed by atoms with Crippen LogP contribution in [0.4, 0.5) is 0 Å². The van der Waals surface area contributed by atoms with Crippen molar-refractivity contribution in [1.29, 1.82) is 5.26 Å². The molecule has 0 radical (unpaired) electrons. The number of nitriles is 1. The SMILES string of the molecule is N#CCN1CCC2(O)CCCCC2C1c1ccc2c(c1)OCO2. The molecule has 1 N–H and O–H groups in total. The third kappa shape index (κ3) is 2.46. The average molecular weight is 314 g/mol. The van der Waals surface area contributed by atoms with Crippen molar-refractivity contribution in [2.75, 3.05) is 19.9 Å². The highest BCUT2D eigenvalue weighted by atomic mass is 16.7. The Hall–Kier alpha value is -1.77. The van der Waals surface area contributed by atoms with E-state index in [1.165, 1.54) is 0 Å². The fourth-order valence-corrected chi connectivity index (χ4v) is 4.55. The van der Waals surface area contributed by atoms with E-state index in [1.807, 2.05) is 12.1 Å². The Bertz CT molecular complexity index is 642. The number of rotatable bonds is 2. The molecule has 1 aromatic carbocycles. The van der Waals surface area contributed by atoms with E-state index in [4.69, 9.17) is 9.47 Å². The summed E-state index contributed by atoms with van der Waals surface area (Å²) in [5, 5.41) is 20.3. The van der Waals surface area contributed by atoms with Crippen LogP contribution in [-0.2, 0) is 0 Å².